The van der Waals surface area contributed by atoms with Crippen LogP contribution in [0, 0.1) is 5.82 Å². The topological polar surface area (TPSA) is 34.4 Å². The van der Waals surface area contributed by atoms with Crippen LogP contribution in [-0.2, 0) is 13.2 Å². The molecule has 1 heterocycles. The molecule has 0 amide bonds. The van der Waals surface area contributed by atoms with Gasteiger partial charge in [0, 0.05) is 12.1 Å². The van der Waals surface area contributed by atoms with Gasteiger partial charge in [-0.25, -0.2) is 4.39 Å². The minimum Gasteiger partial charge on any atom is -0.483 e. The summed E-state index contributed by atoms with van der Waals surface area (Å²) in [6.07, 6.45) is 2.67. The Kier molecular flexibility index (Phi) is 5.44. The molecule has 0 bridgehead atoms. The maximum atomic E-state index is 13.7. The molecule has 0 saturated carbocycles. The van der Waals surface area contributed by atoms with Gasteiger partial charge in [-0.1, -0.05) is 24.6 Å². The molecule has 1 N–H and O–H groups in total. The molecule has 1 aromatic heterocycles. The summed E-state index contributed by atoms with van der Waals surface area (Å²) in [5, 5.41) is 3.33. The monoisotopic (exact) mass is 297 g/mol. The Morgan fingerprint density at radius 2 is 2.20 bits per heavy atom. The van der Waals surface area contributed by atoms with Crippen molar-refractivity contribution in [2.24, 2.45) is 0 Å². The minimum atomic E-state index is -0.550. The average Bonchev–Trinajstić information content (AvgIpc) is 2.88. The zero-order valence-corrected chi connectivity index (χ0v) is 12.0. The molecule has 0 aliphatic rings. The molecule has 0 spiro atoms. The summed E-state index contributed by atoms with van der Waals surface area (Å²) < 4.78 is 24.5. The lowest BCUT2D eigenvalue weighted by atomic mass is 10.2. The van der Waals surface area contributed by atoms with Crippen LogP contribution in [0.1, 0.15) is 24.7 Å². The Labute approximate surface area is 122 Å². The highest BCUT2D eigenvalue weighted by atomic mass is 35.5. The number of rotatable bonds is 7. The first kappa shape index (κ1) is 14.9. The molecule has 0 unspecified atom stereocenters. The molecule has 0 aliphatic heterocycles. The van der Waals surface area contributed by atoms with E-state index in [2.05, 4.69) is 12.2 Å². The summed E-state index contributed by atoms with van der Waals surface area (Å²) in [6.45, 7) is 3.93. The average molecular weight is 298 g/mol. The smallest absolute Gasteiger partial charge is 0.183 e. The van der Waals surface area contributed by atoms with Gasteiger partial charge in [-0.15, -0.1) is 0 Å². The van der Waals surface area contributed by atoms with Crippen LogP contribution in [0.5, 0.6) is 5.75 Å². The number of hydrogen-bond donors (Lipinski definition) is 1. The van der Waals surface area contributed by atoms with Crippen molar-refractivity contribution < 1.29 is 13.5 Å². The summed E-state index contributed by atoms with van der Waals surface area (Å²) in [5.41, 5.74) is 1.01. The van der Waals surface area contributed by atoms with Gasteiger partial charge in [0.25, 0.3) is 0 Å². The van der Waals surface area contributed by atoms with Crippen LogP contribution in [-0.4, -0.2) is 6.54 Å². The third-order valence-electron chi connectivity index (χ3n) is 2.85. The first-order chi connectivity index (χ1) is 9.72. The SMILES string of the molecule is CCCNCc1ccoc1COc1cccc(Cl)c1F. The van der Waals surface area contributed by atoms with Crippen LogP contribution in [0.25, 0.3) is 0 Å². The quantitative estimate of drug-likeness (QED) is 0.780. The third kappa shape index (κ3) is 3.74. The Morgan fingerprint density at radius 1 is 1.35 bits per heavy atom. The number of nitrogens with one attached hydrogen (secondary N) is 1. The largest absolute Gasteiger partial charge is 0.483 e. The molecule has 20 heavy (non-hydrogen) atoms. The minimum absolute atomic E-state index is 0.0479. The van der Waals surface area contributed by atoms with E-state index in [4.69, 9.17) is 20.8 Å². The lowest BCUT2D eigenvalue weighted by Gasteiger charge is -2.08. The van der Waals surface area contributed by atoms with E-state index in [1.807, 2.05) is 6.07 Å². The standard InChI is InChI=1S/C15H17ClFNO2/c1-2-7-18-9-11-6-8-19-14(11)10-20-13-5-3-4-12(16)15(13)17/h3-6,8,18H,2,7,9-10H2,1H3. The maximum Gasteiger partial charge on any atom is 0.183 e. The zero-order chi connectivity index (χ0) is 14.4. The number of halogens is 2. The number of hydrogen-bond acceptors (Lipinski definition) is 3. The van der Waals surface area contributed by atoms with Gasteiger partial charge >= 0.3 is 0 Å². The summed E-state index contributed by atoms with van der Waals surface area (Å²) in [5.74, 6) is 0.265. The molecule has 2 rings (SSSR count). The Morgan fingerprint density at radius 3 is 3.00 bits per heavy atom. The normalized spacial score (nSPS) is 10.8. The van der Waals surface area contributed by atoms with Crippen molar-refractivity contribution in [2.75, 3.05) is 6.54 Å². The van der Waals surface area contributed by atoms with E-state index in [0.29, 0.717) is 12.3 Å². The zero-order valence-electron chi connectivity index (χ0n) is 11.3. The maximum absolute atomic E-state index is 13.7. The molecule has 0 aliphatic carbocycles. The lowest BCUT2D eigenvalue weighted by Crippen LogP contribution is -2.14. The van der Waals surface area contributed by atoms with Crippen molar-refractivity contribution >= 4 is 11.6 Å². The van der Waals surface area contributed by atoms with Gasteiger partial charge in [0.05, 0.1) is 11.3 Å². The predicted octanol–water partition coefficient (Wildman–Crippen LogP) is 4.15. The van der Waals surface area contributed by atoms with Crippen LogP contribution >= 0.6 is 11.6 Å². The van der Waals surface area contributed by atoms with Crippen LogP contribution < -0.4 is 10.1 Å². The predicted molar refractivity (Wildman–Crippen MR) is 76.4 cm³/mol. The third-order valence-corrected chi connectivity index (χ3v) is 3.15. The molecule has 0 saturated heterocycles. The molecule has 0 atom stereocenters. The summed E-state index contributed by atoms with van der Waals surface area (Å²) in [7, 11) is 0. The molecule has 2 aromatic rings. The molecular formula is C15H17ClFNO2. The number of benzene rings is 1. The van der Waals surface area contributed by atoms with E-state index < -0.39 is 5.82 Å². The van der Waals surface area contributed by atoms with E-state index in [9.17, 15) is 4.39 Å². The fraction of sp³-hybridized carbons (Fsp3) is 0.333. The second-order valence-electron chi connectivity index (χ2n) is 4.39. The number of ether oxygens (including phenoxy) is 1. The highest BCUT2D eigenvalue weighted by Crippen LogP contribution is 2.25. The van der Waals surface area contributed by atoms with E-state index >= 15 is 0 Å². The van der Waals surface area contributed by atoms with Crippen LogP contribution in [0.15, 0.2) is 34.9 Å². The Hall–Kier alpha value is -1.52. The van der Waals surface area contributed by atoms with Gasteiger partial charge in [-0.3, -0.25) is 0 Å². The fourth-order valence-corrected chi connectivity index (χ4v) is 1.96. The molecular weight excluding hydrogens is 281 g/mol. The van der Waals surface area contributed by atoms with E-state index in [1.165, 1.54) is 6.07 Å². The number of furan rings is 1. The molecule has 5 heteroatoms. The van der Waals surface area contributed by atoms with Crippen molar-refractivity contribution in [3.05, 3.63) is 52.7 Å². The lowest BCUT2D eigenvalue weighted by molar-refractivity contribution is 0.256. The molecule has 0 radical (unpaired) electrons. The van der Waals surface area contributed by atoms with E-state index in [0.717, 1.165) is 18.5 Å². The van der Waals surface area contributed by atoms with E-state index in [1.54, 1.807) is 18.4 Å². The van der Waals surface area contributed by atoms with Gasteiger partial charge < -0.3 is 14.5 Å². The van der Waals surface area contributed by atoms with Crippen LogP contribution in [0.4, 0.5) is 4.39 Å². The van der Waals surface area contributed by atoms with E-state index in [-0.39, 0.29) is 17.4 Å². The summed E-state index contributed by atoms with van der Waals surface area (Å²) in [6, 6.07) is 6.55. The second-order valence-corrected chi connectivity index (χ2v) is 4.79. The second kappa shape index (κ2) is 7.31. The van der Waals surface area contributed by atoms with Crippen molar-refractivity contribution in [1.82, 2.24) is 5.32 Å². The Balaban J connectivity index is 1.97. The van der Waals surface area contributed by atoms with Crippen molar-refractivity contribution in [3.63, 3.8) is 0 Å². The Bertz CT molecular complexity index is 557. The molecule has 108 valence electrons. The van der Waals surface area contributed by atoms with Gasteiger partial charge in [0.2, 0.25) is 0 Å². The van der Waals surface area contributed by atoms with Gasteiger partial charge in [0.15, 0.2) is 11.6 Å². The summed E-state index contributed by atoms with van der Waals surface area (Å²) >= 11 is 5.70. The van der Waals surface area contributed by atoms with Crippen LogP contribution in [0.3, 0.4) is 0 Å². The fourth-order valence-electron chi connectivity index (χ4n) is 1.79. The summed E-state index contributed by atoms with van der Waals surface area (Å²) in [4.78, 5) is 0. The molecule has 1 aromatic carbocycles. The van der Waals surface area contributed by atoms with Gasteiger partial charge in [-0.05, 0) is 31.2 Å². The van der Waals surface area contributed by atoms with Crippen molar-refractivity contribution in [3.8, 4) is 5.75 Å². The highest BCUT2D eigenvalue weighted by molar-refractivity contribution is 6.30. The van der Waals surface area contributed by atoms with Gasteiger partial charge in [0.1, 0.15) is 12.4 Å². The first-order valence-electron chi connectivity index (χ1n) is 6.55. The first-order valence-corrected chi connectivity index (χ1v) is 6.93. The van der Waals surface area contributed by atoms with Gasteiger partial charge in [-0.2, -0.15) is 0 Å². The van der Waals surface area contributed by atoms with Crippen molar-refractivity contribution in [1.29, 1.82) is 0 Å². The molecule has 3 nitrogen and oxygen atoms in total. The van der Waals surface area contributed by atoms with Crippen LogP contribution in [0.2, 0.25) is 5.02 Å². The molecule has 0 fully saturated rings. The highest BCUT2D eigenvalue weighted by Gasteiger charge is 2.11. The van der Waals surface area contributed by atoms with Crippen molar-refractivity contribution in [2.45, 2.75) is 26.5 Å².